The molecule has 1 aromatic rings. The van der Waals surface area contributed by atoms with Gasteiger partial charge in [0.15, 0.2) is 11.6 Å². The second-order valence-electron chi connectivity index (χ2n) is 4.28. The maximum Gasteiger partial charge on any atom is 0.236 e. The summed E-state index contributed by atoms with van der Waals surface area (Å²) in [6, 6.07) is 4.67. The fraction of sp³-hybridized carbons (Fsp3) is 0.462. The number of benzene rings is 1. The van der Waals surface area contributed by atoms with E-state index in [4.69, 9.17) is 4.74 Å². The van der Waals surface area contributed by atoms with Crippen LogP contribution in [-0.4, -0.2) is 38.6 Å². The fourth-order valence-corrected chi connectivity index (χ4v) is 1.47. The summed E-state index contributed by atoms with van der Waals surface area (Å²) in [6.45, 7) is 2.10. The smallest absolute Gasteiger partial charge is 0.236 e. The van der Waals surface area contributed by atoms with E-state index >= 15 is 0 Å². The van der Waals surface area contributed by atoms with Gasteiger partial charge in [-0.15, -0.1) is 0 Å². The minimum absolute atomic E-state index is 0.0177. The normalized spacial score (nSPS) is 12.1. The lowest BCUT2D eigenvalue weighted by Gasteiger charge is -2.17. The predicted molar refractivity (Wildman–Crippen MR) is 68.1 cm³/mol. The van der Waals surface area contributed by atoms with Crippen molar-refractivity contribution in [1.29, 1.82) is 0 Å². The minimum Gasteiger partial charge on any atom is -0.494 e. The van der Waals surface area contributed by atoms with Crippen molar-refractivity contribution in [2.75, 3.05) is 27.7 Å². The number of carbonyl (C=O) groups is 1. The Bertz CT molecular complexity index is 421. The Balaban J connectivity index is 2.64. The maximum absolute atomic E-state index is 13.5. The zero-order chi connectivity index (χ0) is 13.7. The summed E-state index contributed by atoms with van der Waals surface area (Å²) in [4.78, 5) is 12.9. The largest absolute Gasteiger partial charge is 0.494 e. The number of hydrogen-bond donors (Lipinski definition) is 1. The van der Waals surface area contributed by atoms with Crippen LogP contribution < -0.4 is 10.1 Å². The molecule has 0 heterocycles. The predicted octanol–water partition coefficient (Wildman–Crippen LogP) is 1.57. The molecule has 1 aromatic carbocycles. The molecule has 0 aromatic heterocycles. The molecule has 0 spiro atoms. The van der Waals surface area contributed by atoms with E-state index in [0.717, 1.165) is 5.56 Å². The second-order valence-corrected chi connectivity index (χ2v) is 4.28. The summed E-state index contributed by atoms with van der Waals surface area (Å²) < 4.78 is 18.4. The Morgan fingerprint density at radius 2 is 2.17 bits per heavy atom. The number of rotatable bonds is 5. The summed E-state index contributed by atoms with van der Waals surface area (Å²) in [5.74, 6) is -0.200. The third kappa shape index (κ3) is 3.70. The highest BCUT2D eigenvalue weighted by atomic mass is 19.1. The Labute approximate surface area is 107 Å². The first-order chi connectivity index (χ1) is 8.45. The summed E-state index contributed by atoms with van der Waals surface area (Å²) in [6.07, 6.45) is 0. The summed E-state index contributed by atoms with van der Waals surface area (Å²) in [7, 11) is 4.82. The van der Waals surface area contributed by atoms with Gasteiger partial charge in [-0.3, -0.25) is 4.79 Å². The minimum atomic E-state index is -0.400. The number of nitrogens with one attached hydrogen (secondary N) is 1. The molecule has 0 aliphatic heterocycles. The van der Waals surface area contributed by atoms with Crippen molar-refractivity contribution in [2.24, 2.45) is 0 Å². The first-order valence-corrected chi connectivity index (χ1v) is 5.72. The van der Waals surface area contributed by atoms with Gasteiger partial charge in [0, 0.05) is 20.1 Å². The summed E-state index contributed by atoms with van der Waals surface area (Å²) in [5, 5.41) is 3.05. The summed E-state index contributed by atoms with van der Waals surface area (Å²) >= 11 is 0. The van der Waals surface area contributed by atoms with E-state index in [1.807, 2.05) is 6.92 Å². The van der Waals surface area contributed by atoms with E-state index in [-0.39, 0.29) is 24.2 Å². The number of likely N-dealkylation sites (N-methyl/N-ethyl adjacent to an activating group) is 1. The van der Waals surface area contributed by atoms with Crippen molar-refractivity contribution in [1.82, 2.24) is 10.2 Å². The Morgan fingerprint density at radius 1 is 1.50 bits per heavy atom. The molecule has 0 radical (unpaired) electrons. The van der Waals surface area contributed by atoms with Crippen molar-refractivity contribution in [3.63, 3.8) is 0 Å². The average Bonchev–Trinajstić information content (AvgIpc) is 2.35. The van der Waals surface area contributed by atoms with Gasteiger partial charge < -0.3 is 15.0 Å². The van der Waals surface area contributed by atoms with Gasteiger partial charge >= 0.3 is 0 Å². The van der Waals surface area contributed by atoms with Gasteiger partial charge in [0.05, 0.1) is 13.7 Å². The van der Waals surface area contributed by atoms with E-state index < -0.39 is 5.82 Å². The van der Waals surface area contributed by atoms with Crippen LogP contribution in [-0.2, 0) is 4.79 Å². The highest BCUT2D eigenvalue weighted by Gasteiger charge is 2.11. The Morgan fingerprint density at radius 3 is 2.67 bits per heavy atom. The number of ether oxygens (including phenoxy) is 1. The molecule has 18 heavy (non-hydrogen) atoms. The SMILES string of the molecule is COc1ccc(C(C)NCC(=O)N(C)C)cc1F. The lowest BCUT2D eigenvalue weighted by Crippen LogP contribution is -2.34. The quantitative estimate of drug-likeness (QED) is 0.867. The van der Waals surface area contributed by atoms with Crippen molar-refractivity contribution in [3.8, 4) is 5.75 Å². The van der Waals surface area contributed by atoms with Crippen LogP contribution in [0.3, 0.4) is 0 Å². The van der Waals surface area contributed by atoms with Crippen molar-refractivity contribution in [3.05, 3.63) is 29.6 Å². The molecular weight excluding hydrogens is 235 g/mol. The molecule has 0 aliphatic rings. The Kier molecular flexibility index (Phi) is 5.09. The van der Waals surface area contributed by atoms with Crippen LogP contribution in [0.1, 0.15) is 18.5 Å². The molecule has 1 rings (SSSR count). The number of hydrogen-bond acceptors (Lipinski definition) is 3. The number of amides is 1. The van der Waals surface area contributed by atoms with Crippen LogP contribution in [0.4, 0.5) is 4.39 Å². The number of carbonyl (C=O) groups excluding carboxylic acids is 1. The van der Waals surface area contributed by atoms with Crippen LogP contribution in [0, 0.1) is 5.82 Å². The second kappa shape index (κ2) is 6.35. The molecular formula is C13H19FN2O2. The maximum atomic E-state index is 13.5. The van der Waals surface area contributed by atoms with Crippen molar-refractivity contribution in [2.45, 2.75) is 13.0 Å². The van der Waals surface area contributed by atoms with E-state index in [9.17, 15) is 9.18 Å². The van der Waals surface area contributed by atoms with E-state index in [0.29, 0.717) is 0 Å². The molecule has 100 valence electrons. The number of halogens is 1. The lowest BCUT2D eigenvalue weighted by molar-refractivity contribution is -0.127. The first kappa shape index (κ1) is 14.4. The van der Waals surface area contributed by atoms with Crippen LogP contribution in [0.2, 0.25) is 0 Å². The summed E-state index contributed by atoms with van der Waals surface area (Å²) in [5.41, 5.74) is 0.778. The molecule has 0 bridgehead atoms. The molecule has 1 N–H and O–H groups in total. The lowest BCUT2D eigenvalue weighted by atomic mass is 10.1. The van der Waals surface area contributed by atoms with Gasteiger partial charge in [0.2, 0.25) is 5.91 Å². The van der Waals surface area contributed by atoms with Crippen molar-refractivity contribution >= 4 is 5.91 Å². The molecule has 0 saturated carbocycles. The number of methoxy groups -OCH3 is 1. The molecule has 1 atom stereocenters. The topological polar surface area (TPSA) is 41.6 Å². The van der Waals surface area contributed by atoms with Crippen molar-refractivity contribution < 1.29 is 13.9 Å². The van der Waals surface area contributed by atoms with Gasteiger partial charge in [-0.1, -0.05) is 6.07 Å². The fourth-order valence-electron chi connectivity index (χ4n) is 1.47. The highest BCUT2D eigenvalue weighted by Crippen LogP contribution is 2.21. The molecule has 5 heteroatoms. The zero-order valence-electron chi connectivity index (χ0n) is 11.2. The molecule has 4 nitrogen and oxygen atoms in total. The van der Waals surface area contributed by atoms with Gasteiger partial charge in [0.25, 0.3) is 0 Å². The third-order valence-electron chi connectivity index (χ3n) is 2.73. The number of nitrogens with zero attached hydrogens (tertiary/aromatic N) is 1. The van der Waals surface area contributed by atoms with E-state index in [1.165, 1.54) is 18.1 Å². The molecule has 1 unspecified atom stereocenters. The zero-order valence-corrected chi connectivity index (χ0v) is 11.2. The van der Waals surface area contributed by atoms with E-state index in [2.05, 4.69) is 5.32 Å². The van der Waals surface area contributed by atoms with Crippen LogP contribution in [0.15, 0.2) is 18.2 Å². The van der Waals surface area contributed by atoms with Crippen LogP contribution in [0.5, 0.6) is 5.75 Å². The van der Waals surface area contributed by atoms with Gasteiger partial charge in [-0.25, -0.2) is 4.39 Å². The molecule has 0 saturated heterocycles. The molecule has 1 amide bonds. The molecule has 0 aliphatic carbocycles. The van der Waals surface area contributed by atoms with Gasteiger partial charge in [0.1, 0.15) is 0 Å². The monoisotopic (exact) mass is 254 g/mol. The van der Waals surface area contributed by atoms with Crippen LogP contribution in [0.25, 0.3) is 0 Å². The van der Waals surface area contributed by atoms with Crippen LogP contribution >= 0.6 is 0 Å². The van der Waals surface area contributed by atoms with E-state index in [1.54, 1.807) is 26.2 Å². The average molecular weight is 254 g/mol. The standard InChI is InChI=1S/C13H19FN2O2/c1-9(15-8-13(17)16(2)3)10-5-6-12(18-4)11(14)7-10/h5-7,9,15H,8H2,1-4H3. The first-order valence-electron chi connectivity index (χ1n) is 5.72. The Hall–Kier alpha value is -1.62. The third-order valence-corrected chi connectivity index (χ3v) is 2.73. The van der Waals surface area contributed by atoms with Gasteiger partial charge in [-0.2, -0.15) is 0 Å². The molecule has 0 fully saturated rings. The highest BCUT2D eigenvalue weighted by molar-refractivity contribution is 5.77. The van der Waals surface area contributed by atoms with Gasteiger partial charge in [-0.05, 0) is 24.6 Å².